The van der Waals surface area contributed by atoms with Crippen molar-refractivity contribution in [3.63, 3.8) is 0 Å². The Balaban J connectivity index is 0.00000420. The summed E-state index contributed by atoms with van der Waals surface area (Å²) in [5.74, 6) is 1.52. The number of halogens is 1. The first-order valence-electron chi connectivity index (χ1n) is 9.64. The van der Waals surface area contributed by atoms with Gasteiger partial charge in [-0.2, -0.15) is 0 Å². The summed E-state index contributed by atoms with van der Waals surface area (Å²) >= 11 is 0. The van der Waals surface area contributed by atoms with Crippen LogP contribution in [-0.4, -0.2) is 38.1 Å². The number of benzene rings is 2. The van der Waals surface area contributed by atoms with Crippen LogP contribution < -0.4 is 20.7 Å². The number of ether oxygens (including phenoxy) is 1. The maximum Gasteiger partial charge on any atom is 0.251 e. The number of hydrogen-bond acceptors (Lipinski definition) is 3. The van der Waals surface area contributed by atoms with Crippen molar-refractivity contribution < 1.29 is 9.53 Å². The van der Waals surface area contributed by atoms with E-state index in [4.69, 9.17) is 4.74 Å². The lowest BCUT2D eigenvalue weighted by atomic mass is 10.1. The van der Waals surface area contributed by atoms with Crippen LogP contribution in [0.25, 0.3) is 0 Å². The average molecular weight is 510 g/mol. The molecule has 1 amide bonds. The molecule has 0 bridgehead atoms. The molecule has 0 heterocycles. The molecule has 1 unspecified atom stereocenters. The van der Waals surface area contributed by atoms with Crippen molar-refractivity contribution in [2.45, 2.75) is 32.9 Å². The van der Waals surface area contributed by atoms with Gasteiger partial charge in [0.25, 0.3) is 5.91 Å². The summed E-state index contributed by atoms with van der Waals surface area (Å²) in [5.41, 5.74) is 1.74. The summed E-state index contributed by atoms with van der Waals surface area (Å²) in [6, 6.07) is 17.5. The minimum Gasteiger partial charge on any atom is -0.492 e. The van der Waals surface area contributed by atoms with Gasteiger partial charge in [-0.1, -0.05) is 37.3 Å². The van der Waals surface area contributed by atoms with Crippen molar-refractivity contribution in [3.8, 4) is 5.75 Å². The third-order valence-corrected chi connectivity index (χ3v) is 4.30. The van der Waals surface area contributed by atoms with E-state index in [1.54, 1.807) is 7.05 Å². The van der Waals surface area contributed by atoms with Crippen LogP contribution in [0.2, 0.25) is 0 Å². The molecule has 0 aromatic heterocycles. The Labute approximate surface area is 190 Å². The zero-order valence-electron chi connectivity index (χ0n) is 17.3. The number of hydrogen-bond donors (Lipinski definition) is 3. The molecule has 0 saturated heterocycles. The highest BCUT2D eigenvalue weighted by Crippen LogP contribution is 2.07. The third kappa shape index (κ3) is 9.17. The molecule has 0 fully saturated rings. The van der Waals surface area contributed by atoms with Crippen LogP contribution in [0.4, 0.5) is 0 Å². The standard InChI is InChI=1S/C22H30N4O2.HI/c1-4-17(2)26-21(27)19-12-10-18(11-13-19)16-25-22(23-3)24-14-15-28-20-8-6-5-7-9-20;/h5-13,17H,4,14-16H2,1-3H3,(H,26,27)(H2,23,24,25);1H. The minimum atomic E-state index is -0.0373. The maximum atomic E-state index is 12.1. The first kappa shape index (κ1) is 24.7. The molecule has 1 atom stereocenters. The van der Waals surface area contributed by atoms with Gasteiger partial charge >= 0.3 is 0 Å². The molecular formula is C22H31IN4O2. The predicted octanol–water partition coefficient (Wildman–Crippen LogP) is 3.58. The average Bonchev–Trinajstić information content (AvgIpc) is 2.74. The van der Waals surface area contributed by atoms with Crippen molar-refractivity contribution in [1.29, 1.82) is 0 Å². The Morgan fingerprint density at radius 2 is 1.76 bits per heavy atom. The van der Waals surface area contributed by atoms with E-state index in [2.05, 4.69) is 27.9 Å². The lowest BCUT2D eigenvalue weighted by Crippen LogP contribution is -2.38. The van der Waals surface area contributed by atoms with Crippen molar-refractivity contribution in [1.82, 2.24) is 16.0 Å². The largest absolute Gasteiger partial charge is 0.492 e. The number of aliphatic imine (C=N–C) groups is 1. The van der Waals surface area contributed by atoms with Gasteiger partial charge in [0.15, 0.2) is 5.96 Å². The quantitative estimate of drug-likeness (QED) is 0.209. The van der Waals surface area contributed by atoms with E-state index in [9.17, 15) is 4.79 Å². The fourth-order valence-corrected chi connectivity index (χ4v) is 2.44. The fourth-order valence-electron chi connectivity index (χ4n) is 2.44. The van der Waals surface area contributed by atoms with Crippen LogP contribution in [0, 0.1) is 0 Å². The first-order chi connectivity index (χ1) is 13.6. The number of rotatable bonds is 9. The molecule has 2 aromatic carbocycles. The monoisotopic (exact) mass is 510 g/mol. The number of guanidine groups is 1. The minimum absolute atomic E-state index is 0. The Hall–Kier alpha value is -2.29. The molecule has 0 aliphatic rings. The van der Waals surface area contributed by atoms with Crippen LogP contribution in [0.1, 0.15) is 36.2 Å². The lowest BCUT2D eigenvalue weighted by Gasteiger charge is -2.13. The van der Waals surface area contributed by atoms with Crippen LogP contribution >= 0.6 is 24.0 Å². The molecule has 2 aromatic rings. The Kier molecular flexibility index (Phi) is 11.8. The van der Waals surface area contributed by atoms with Crippen LogP contribution in [0.5, 0.6) is 5.75 Å². The molecule has 3 N–H and O–H groups in total. The normalized spacial score (nSPS) is 11.8. The SMILES string of the molecule is CCC(C)NC(=O)c1ccc(CNC(=NC)NCCOc2ccccc2)cc1.I. The summed E-state index contributed by atoms with van der Waals surface area (Å²) in [6.07, 6.45) is 0.913. The van der Waals surface area contributed by atoms with E-state index >= 15 is 0 Å². The summed E-state index contributed by atoms with van der Waals surface area (Å²) in [6.45, 7) is 5.86. The third-order valence-electron chi connectivity index (χ3n) is 4.30. The topological polar surface area (TPSA) is 74.8 Å². The summed E-state index contributed by atoms with van der Waals surface area (Å²) < 4.78 is 5.65. The molecule has 0 spiro atoms. The Morgan fingerprint density at radius 3 is 2.38 bits per heavy atom. The van der Waals surface area contributed by atoms with E-state index in [1.165, 1.54) is 0 Å². The van der Waals surface area contributed by atoms with Crippen LogP contribution in [0.15, 0.2) is 59.6 Å². The zero-order valence-corrected chi connectivity index (χ0v) is 19.6. The van der Waals surface area contributed by atoms with Crippen molar-refractivity contribution in [3.05, 3.63) is 65.7 Å². The lowest BCUT2D eigenvalue weighted by molar-refractivity contribution is 0.0939. The molecule has 0 saturated carbocycles. The highest BCUT2D eigenvalue weighted by Gasteiger charge is 2.08. The molecule has 0 radical (unpaired) electrons. The van der Waals surface area contributed by atoms with Gasteiger partial charge in [-0.05, 0) is 43.2 Å². The molecule has 6 nitrogen and oxygen atoms in total. The van der Waals surface area contributed by atoms with E-state index in [0.29, 0.717) is 31.2 Å². The number of nitrogens with one attached hydrogen (secondary N) is 3. The Bertz CT molecular complexity index is 751. The van der Waals surface area contributed by atoms with Gasteiger partial charge in [-0.3, -0.25) is 9.79 Å². The predicted molar refractivity (Wildman–Crippen MR) is 129 cm³/mol. The maximum absolute atomic E-state index is 12.1. The van der Waals surface area contributed by atoms with Crippen molar-refractivity contribution >= 4 is 35.8 Å². The second-order valence-corrected chi connectivity index (χ2v) is 6.49. The van der Waals surface area contributed by atoms with Crippen molar-refractivity contribution in [2.24, 2.45) is 4.99 Å². The summed E-state index contributed by atoms with van der Waals surface area (Å²) in [4.78, 5) is 16.3. The number of carbonyl (C=O) groups excluding carboxylic acids is 1. The van der Waals surface area contributed by atoms with Crippen LogP contribution in [-0.2, 0) is 6.54 Å². The van der Waals surface area contributed by atoms with Gasteiger partial charge in [0.2, 0.25) is 0 Å². The molecule has 29 heavy (non-hydrogen) atoms. The molecule has 2 rings (SSSR count). The second kappa shape index (κ2) is 13.8. The number of para-hydroxylation sites is 1. The van der Waals surface area contributed by atoms with E-state index in [-0.39, 0.29) is 35.9 Å². The second-order valence-electron chi connectivity index (χ2n) is 6.49. The van der Waals surface area contributed by atoms with E-state index in [1.807, 2.05) is 61.5 Å². The number of nitrogens with zero attached hydrogens (tertiary/aromatic N) is 1. The van der Waals surface area contributed by atoms with Gasteiger partial charge in [0.1, 0.15) is 12.4 Å². The molecular weight excluding hydrogens is 479 g/mol. The van der Waals surface area contributed by atoms with Gasteiger partial charge in [0, 0.05) is 25.2 Å². The fraction of sp³-hybridized carbons (Fsp3) is 0.364. The Morgan fingerprint density at radius 1 is 1.07 bits per heavy atom. The van der Waals surface area contributed by atoms with Crippen molar-refractivity contribution in [2.75, 3.05) is 20.2 Å². The van der Waals surface area contributed by atoms with Gasteiger partial charge in [-0.25, -0.2) is 0 Å². The molecule has 0 aliphatic heterocycles. The number of carbonyl (C=O) groups is 1. The highest BCUT2D eigenvalue weighted by molar-refractivity contribution is 14.0. The molecule has 158 valence electrons. The highest BCUT2D eigenvalue weighted by atomic mass is 127. The van der Waals surface area contributed by atoms with Crippen LogP contribution in [0.3, 0.4) is 0 Å². The zero-order chi connectivity index (χ0) is 20.2. The smallest absolute Gasteiger partial charge is 0.251 e. The number of amides is 1. The summed E-state index contributed by atoms with van der Waals surface area (Å²) in [5, 5.41) is 9.44. The van der Waals surface area contributed by atoms with Gasteiger partial charge in [-0.15, -0.1) is 24.0 Å². The first-order valence-corrected chi connectivity index (χ1v) is 9.64. The van der Waals surface area contributed by atoms with E-state index in [0.717, 1.165) is 17.7 Å². The summed E-state index contributed by atoms with van der Waals surface area (Å²) in [7, 11) is 1.73. The van der Waals surface area contributed by atoms with E-state index < -0.39 is 0 Å². The van der Waals surface area contributed by atoms with Gasteiger partial charge < -0.3 is 20.7 Å². The molecule has 0 aliphatic carbocycles. The molecule has 7 heteroatoms. The van der Waals surface area contributed by atoms with Gasteiger partial charge in [0.05, 0.1) is 6.54 Å².